The Kier molecular flexibility index (Phi) is 4.16. The first-order valence-corrected chi connectivity index (χ1v) is 9.89. The van der Waals surface area contributed by atoms with Gasteiger partial charge in [0.2, 0.25) is 0 Å². The summed E-state index contributed by atoms with van der Waals surface area (Å²) in [5.74, 6) is -0.104. The Morgan fingerprint density at radius 1 is 0.897 bits per heavy atom. The van der Waals surface area contributed by atoms with Crippen molar-refractivity contribution in [2.24, 2.45) is 4.99 Å². The van der Waals surface area contributed by atoms with Crippen LogP contribution in [0.3, 0.4) is 0 Å². The smallest absolute Gasteiger partial charge is 0.272 e. The number of likely N-dealkylation sites (tertiary alicyclic amines) is 1. The zero-order valence-corrected chi connectivity index (χ0v) is 16.0. The summed E-state index contributed by atoms with van der Waals surface area (Å²) in [4.78, 5) is 32.1. The first-order chi connectivity index (χ1) is 14.1. The topological polar surface area (TPSA) is 61.8 Å². The maximum Gasteiger partial charge on any atom is 0.272 e. The van der Waals surface area contributed by atoms with Crippen LogP contribution >= 0.6 is 0 Å². The molecule has 0 bridgehead atoms. The summed E-state index contributed by atoms with van der Waals surface area (Å²) in [7, 11) is 0. The van der Waals surface area contributed by atoms with Gasteiger partial charge in [-0.2, -0.15) is 0 Å². The van der Waals surface area contributed by atoms with E-state index in [4.69, 9.17) is 4.99 Å². The summed E-state index contributed by atoms with van der Waals surface area (Å²) in [6.45, 7) is 1.13. The minimum Gasteiger partial charge on any atom is -0.338 e. The van der Waals surface area contributed by atoms with Crippen LogP contribution in [0.2, 0.25) is 0 Å². The molecule has 5 rings (SSSR count). The number of hydrogen-bond acceptors (Lipinski definition) is 3. The van der Waals surface area contributed by atoms with E-state index in [1.54, 1.807) is 0 Å². The van der Waals surface area contributed by atoms with Crippen molar-refractivity contribution in [3.8, 4) is 0 Å². The summed E-state index contributed by atoms with van der Waals surface area (Å²) in [6.07, 6.45) is 1.24. The molecule has 29 heavy (non-hydrogen) atoms. The average molecular weight is 383 g/mol. The lowest BCUT2D eigenvalue weighted by atomic mass is 9.97. The molecule has 1 spiro atoms. The highest BCUT2D eigenvalue weighted by Crippen LogP contribution is 2.29. The van der Waals surface area contributed by atoms with Crippen molar-refractivity contribution in [1.82, 2.24) is 10.2 Å². The van der Waals surface area contributed by atoms with E-state index >= 15 is 0 Å². The maximum absolute atomic E-state index is 13.0. The second-order valence-electron chi connectivity index (χ2n) is 7.67. The van der Waals surface area contributed by atoms with Crippen molar-refractivity contribution in [1.29, 1.82) is 0 Å². The first kappa shape index (κ1) is 17.6. The van der Waals surface area contributed by atoms with E-state index in [1.165, 1.54) is 0 Å². The molecule has 2 heterocycles. The molecule has 1 N–H and O–H groups in total. The number of nitrogens with zero attached hydrogens (tertiary/aromatic N) is 2. The number of carbonyl (C=O) groups is 2. The van der Waals surface area contributed by atoms with Gasteiger partial charge in [-0.05, 0) is 22.9 Å². The Morgan fingerprint density at radius 3 is 2.34 bits per heavy atom. The summed E-state index contributed by atoms with van der Waals surface area (Å²) in [5, 5.41) is 5.25. The summed E-state index contributed by atoms with van der Waals surface area (Å²) in [6, 6.07) is 23.4. The molecule has 3 aromatic rings. The minimum absolute atomic E-state index is 0.0298. The average Bonchev–Trinajstić information content (AvgIpc) is 3.09. The standard InChI is InChI=1S/C24H21N3O2/c28-22-21(18-7-2-1-3-8-18)25-24(26-22)12-14-27(15-13-24)23(29)20-11-10-17-6-4-5-9-19(17)16-20/h1-11,16H,12-15H2,(H,26,28). The largest absolute Gasteiger partial charge is 0.338 e. The second-order valence-corrected chi connectivity index (χ2v) is 7.67. The van der Waals surface area contributed by atoms with Crippen molar-refractivity contribution < 1.29 is 9.59 Å². The Morgan fingerprint density at radius 2 is 1.59 bits per heavy atom. The Balaban J connectivity index is 1.33. The molecule has 0 saturated carbocycles. The fraction of sp³-hybridized carbons (Fsp3) is 0.208. The van der Waals surface area contributed by atoms with Gasteiger partial charge in [-0.15, -0.1) is 0 Å². The number of amides is 2. The zero-order valence-electron chi connectivity index (χ0n) is 16.0. The number of fused-ring (bicyclic) bond motifs is 1. The monoisotopic (exact) mass is 383 g/mol. The number of aliphatic imine (C=N–C) groups is 1. The van der Waals surface area contributed by atoms with Crippen LogP contribution in [0.4, 0.5) is 0 Å². The van der Waals surface area contributed by atoms with Gasteiger partial charge in [-0.25, -0.2) is 0 Å². The van der Waals surface area contributed by atoms with Gasteiger partial charge >= 0.3 is 0 Å². The Bertz CT molecular complexity index is 1130. The van der Waals surface area contributed by atoms with Gasteiger partial charge in [0.25, 0.3) is 11.8 Å². The maximum atomic E-state index is 13.0. The number of piperidine rings is 1. The van der Waals surface area contributed by atoms with E-state index in [-0.39, 0.29) is 11.8 Å². The van der Waals surface area contributed by atoms with Crippen LogP contribution in [-0.4, -0.2) is 41.2 Å². The van der Waals surface area contributed by atoms with Gasteiger partial charge in [0.05, 0.1) is 0 Å². The molecular weight excluding hydrogens is 362 g/mol. The van der Waals surface area contributed by atoms with Crippen molar-refractivity contribution in [2.45, 2.75) is 18.5 Å². The molecule has 0 aromatic heterocycles. The quantitative estimate of drug-likeness (QED) is 0.737. The molecule has 5 nitrogen and oxygen atoms in total. The van der Waals surface area contributed by atoms with Crippen molar-refractivity contribution >= 4 is 28.3 Å². The van der Waals surface area contributed by atoms with Gasteiger partial charge in [-0.3, -0.25) is 14.6 Å². The van der Waals surface area contributed by atoms with Gasteiger partial charge in [0, 0.05) is 37.1 Å². The van der Waals surface area contributed by atoms with Crippen LogP contribution in [0, 0.1) is 0 Å². The van der Waals surface area contributed by atoms with E-state index in [1.807, 2.05) is 77.7 Å². The lowest BCUT2D eigenvalue weighted by molar-refractivity contribution is -0.115. The van der Waals surface area contributed by atoms with E-state index in [2.05, 4.69) is 5.32 Å². The molecule has 144 valence electrons. The van der Waals surface area contributed by atoms with Gasteiger partial charge in [-0.1, -0.05) is 60.7 Å². The van der Waals surface area contributed by atoms with E-state index in [0.29, 0.717) is 37.2 Å². The molecule has 0 radical (unpaired) electrons. The van der Waals surface area contributed by atoms with Crippen LogP contribution in [0.25, 0.3) is 10.8 Å². The zero-order chi connectivity index (χ0) is 19.8. The summed E-state index contributed by atoms with van der Waals surface area (Å²) >= 11 is 0. The second kappa shape index (κ2) is 6.85. The first-order valence-electron chi connectivity index (χ1n) is 9.89. The Labute approximate surface area is 169 Å². The lowest BCUT2D eigenvalue weighted by Crippen LogP contribution is -2.52. The van der Waals surface area contributed by atoms with Gasteiger partial charge < -0.3 is 10.2 Å². The van der Waals surface area contributed by atoms with Crippen molar-refractivity contribution in [3.05, 3.63) is 83.9 Å². The van der Waals surface area contributed by atoms with Crippen LogP contribution in [0.5, 0.6) is 0 Å². The summed E-state index contributed by atoms with van der Waals surface area (Å²) in [5.41, 5.74) is 1.42. The molecule has 2 aliphatic heterocycles. The number of nitrogens with one attached hydrogen (secondary N) is 1. The van der Waals surface area contributed by atoms with Crippen molar-refractivity contribution in [2.75, 3.05) is 13.1 Å². The van der Waals surface area contributed by atoms with E-state index in [0.717, 1.165) is 16.3 Å². The summed E-state index contributed by atoms with van der Waals surface area (Å²) < 4.78 is 0. The predicted octanol–water partition coefficient (Wildman–Crippen LogP) is 3.39. The van der Waals surface area contributed by atoms with Crippen LogP contribution in [-0.2, 0) is 4.79 Å². The van der Waals surface area contributed by atoms with Crippen LogP contribution in [0.15, 0.2) is 77.8 Å². The third-order valence-electron chi connectivity index (χ3n) is 5.81. The molecule has 0 unspecified atom stereocenters. The molecule has 0 aliphatic carbocycles. The molecule has 2 amide bonds. The molecule has 1 fully saturated rings. The Hall–Kier alpha value is -3.47. The molecular formula is C24H21N3O2. The molecule has 2 aliphatic rings. The SMILES string of the molecule is O=C1NC2(CCN(C(=O)c3ccc4ccccc4c3)CC2)N=C1c1ccccc1. The van der Waals surface area contributed by atoms with Crippen LogP contribution < -0.4 is 5.32 Å². The van der Waals surface area contributed by atoms with Gasteiger partial charge in [0.15, 0.2) is 0 Å². The molecule has 0 atom stereocenters. The highest BCUT2D eigenvalue weighted by molar-refractivity contribution is 6.46. The number of carbonyl (C=O) groups excluding carboxylic acids is 2. The molecule has 1 saturated heterocycles. The van der Waals surface area contributed by atoms with E-state index < -0.39 is 5.66 Å². The minimum atomic E-state index is -0.595. The normalized spacial score (nSPS) is 18.0. The molecule has 5 heteroatoms. The number of hydrogen-bond donors (Lipinski definition) is 1. The highest BCUT2D eigenvalue weighted by Gasteiger charge is 2.42. The fourth-order valence-corrected chi connectivity index (χ4v) is 4.18. The van der Waals surface area contributed by atoms with Gasteiger partial charge in [0.1, 0.15) is 11.4 Å². The van der Waals surface area contributed by atoms with Crippen LogP contribution in [0.1, 0.15) is 28.8 Å². The van der Waals surface area contributed by atoms with E-state index in [9.17, 15) is 9.59 Å². The third-order valence-corrected chi connectivity index (χ3v) is 5.81. The fourth-order valence-electron chi connectivity index (χ4n) is 4.18. The lowest BCUT2D eigenvalue weighted by Gasteiger charge is -2.37. The highest BCUT2D eigenvalue weighted by atomic mass is 16.2. The number of rotatable bonds is 2. The van der Waals surface area contributed by atoms with Crippen molar-refractivity contribution in [3.63, 3.8) is 0 Å². The molecule has 3 aromatic carbocycles. The predicted molar refractivity (Wildman–Crippen MR) is 113 cm³/mol. The number of benzene rings is 3. The third kappa shape index (κ3) is 3.18.